The molecule has 1 N–H and O–H groups in total. The maximum absolute atomic E-state index is 12.0. The van der Waals surface area contributed by atoms with Gasteiger partial charge in [0.15, 0.2) is 0 Å². The van der Waals surface area contributed by atoms with E-state index in [9.17, 15) is 4.79 Å². The molecule has 0 saturated heterocycles. The van der Waals surface area contributed by atoms with Gasteiger partial charge in [0.05, 0.1) is 3.79 Å². The summed E-state index contributed by atoms with van der Waals surface area (Å²) in [6, 6.07) is 10.0. The largest absolute Gasteiger partial charge is 0.322 e. The van der Waals surface area contributed by atoms with E-state index in [2.05, 4.69) is 28.2 Å². The fourth-order valence-corrected chi connectivity index (χ4v) is 3.27. The minimum atomic E-state index is -0.0986. The Labute approximate surface area is 131 Å². The molecule has 0 aliphatic carbocycles. The lowest BCUT2D eigenvalue weighted by Crippen LogP contribution is -2.10. The average Bonchev–Trinajstić information content (AvgIpc) is 2.84. The average molecular weight is 350 g/mol. The molecule has 0 aliphatic rings. The second-order valence-corrected chi connectivity index (χ2v) is 6.92. The smallest absolute Gasteiger partial charge is 0.248 e. The number of thiophene rings is 1. The highest BCUT2D eigenvalue weighted by atomic mass is 79.9. The number of nitrogens with one attached hydrogen (secondary N) is 1. The molecule has 4 heteroatoms. The van der Waals surface area contributed by atoms with Crippen LogP contribution in [0.2, 0.25) is 0 Å². The number of anilines is 1. The van der Waals surface area contributed by atoms with Crippen molar-refractivity contribution in [3.05, 3.63) is 56.2 Å². The van der Waals surface area contributed by atoms with Crippen molar-refractivity contribution in [3.63, 3.8) is 0 Å². The van der Waals surface area contributed by atoms with E-state index in [1.54, 1.807) is 17.4 Å². The van der Waals surface area contributed by atoms with Gasteiger partial charge in [0.2, 0.25) is 5.91 Å². The van der Waals surface area contributed by atoms with Crippen molar-refractivity contribution < 1.29 is 4.79 Å². The van der Waals surface area contributed by atoms with E-state index in [1.165, 1.54) is 0 Å². The molecule has 1 aromatic heterocycles. The number of aryl methyl sites for hydroxylation is 2. The lowest BCUT2D eigenvalue weighted by molar-refractivity contribution is -0.111. The van der Waals surface area contributed by atoms with Gasteiger partial charge in [-0.3, -0.25) is 4.79 Å². The van der Waals surface area contributed by atoms with Gasteiger partial charge in [-0.1, -0.05) is 25.1 Å². The highest BCUT2D eigenvalue weighted by Crippen LogP contribution is 2.24. The molecule has 104 valence electrons. The van der Waals surface area contributed by atoms with Gasteiger partial charge in [-0.2, -0.15) is 0 Å². The predicted octanol–water partition coefficient (Wildman–Crippen LogP) is 5.03. The van der Waals surface area contributed by atoms with Gasteiger partial charge < -0.3 is 5.32 Å². The predicted molar refractivity (Wildman–Crippen MR) is 90.2 cm³/mol. The number of benzene rings is 1. The Balaban J connectivity index is 2.10. The number of rotatable bonds is 4. The lowest BCUT2D eigenvalue weighted by Gasteiger charge is -2.11. The molecule has 0 radical (unpaired) electrons. The minimum absolute atomic E-state index is 0.0986. The molecule has 0 bridgehead atoms. The number of hydrogen-bond donors (Lipinski definition) is 1. The molecule has 20 heavy (non-hydrogen) atoms. The van der Waals surface area contributed by atoms with Crippen molar-refractivity contribution in [2.75, 3.05) is 5.32 Å². The number of carbonyl (C=O) groups excluding carboxylic acids is 1. The van der Waals surface area contributed by atoms with E-state index in [0.29, 0.717) is 0 Å². The Morgan fingerprint density at radius 3 is 2.80 bits per heavy atom. The Morgan fingerprint density at radius 1 is 1.35 bits per heavy atom. The summed E-state index contributed by atoms with van der Waals surface area (Å²) in [6.45, 7) is 4.10. The van der Waals surface area contributed by atoms with Gasteiger partial charge in [-0.25, -0.2) is 0 Å². The molecule has 0 fully saturated rings. The normalized spacial score (nSPS) is 10.9. The van der Waals surface area contributed by atoms with E-state index in [1.807, 2.05) is 43.3 Å². The number of carbonyl (C=O) groups is 1. The molecule has 1 aromatic carbocycles. The fourth-order valence-electron chi connectivity index (χ4n) is 1.94. The third kappa shape index (κ3) is 3.81. The van der Waals surface area contributed by atoms with Crippen LogP contribution in [0, 0.1) is 6.92 Å². The molecule has 0 atom stereocenters. The van der Waals surface area contributed by atoms with Gasteiger partial charge in [0.25, 0.3) is 0 Å². The van der Waals surface area contributed by atoms with Crippen molar-refractivity contribution >= 4 is 44.9 Å². The molecule has 0 spiro atoms. The maximum atomic E-state index is 12.0. The Hall–Kier alpha value is -1.39. The summed E-state index contributed by atoms with van der Waals surface area (Å²) in [6.07, 6.45) is 4.30. The van der Waals surface area contributed by atoms with Crippen molar-refractivity contribution in [1.82, 2.24) is 0 Å². The van der Waals surface area contributed by atoms with Gasteiger partial charge in [0.1, 0.15) is 0 Å². The summed E-state index contributed by atoms with van der Waals surface area (Å²) in [7, 11) is 0. The molecule has 2 nitrogen and oxygen atoms in total. The topological polar surface area (TPSA) is 29.1 Å². The first-order chi connectivity index (χ1) is 9.60. The summed E-state index contributed by atoms with van der Waals surface area (Å²) in [5, 5.41) is 2.97. The van der Waals surface area contributed by atoms with E-state index in [-0.39, 0.29) is 5.91 Å². The standard InChI is InChI=1S/C16H16BrNOS/c1-3-12-6-4-5-11(2)16(12)18-15(19)10-8-13-7-9-14(17)20-13/h4-10H,3H2,1-2H3,(H,18,19)/b10-8+. The van der Waals surface area contributed by atoms with Crippen LogP contribution >= 0.6 is 27.3 Å². The van der Waals surface area contributed by atoms with Gasteiger partial charge in [-0.05, 0) is 58.6 Å². The second kappa shape index (κ2) is 6.86. The molecule has 2 rings (SSSR count). The molecule has 0 aliphatic heterocycles. The van der Waals surface area contributed by atoms with E-state index >= 15 is 0 Å². The van der Waals surface area contributed by atoms with Crippen LogP contribution in [-0.4, -0.2) is 5.91 Å². The second-order valence-electron chi connectivity index (χ2n) is 4.43. The summed E-state index contributed by atoms with van der Waals surface area (Å²) in [5.41, 5.74) is 3.17. The van der Waals surface area contributed by atoms with Gasteiger partial charge in [-0.15, -0.1) is 11.3 Å². The van der Waals surface area contributed by atoms with Crippen molar-refractivity contribution in [3.8, 4) is 0 Å². The zero-order chi connectivity index (χ0) is 14.5. The van der Waals surface area contributed by atoms with Crippen molar-refractivity contribution in [2.24, 2.45) is 0 Å². The SMILES string of the molecule is CCc1cccc(C)c1NC(=O)/C=C/c1ccc(Br)s1. The number of amides is 1. The Morgan fingerprint density at radius 2 is 2.15 bits per heavy atom. The zero-order valence-corrected chi connectivity index (χ0v) is 13.8. The quantitative estimate of drug-likeness (QED) is 0.770. The van der Waals surface area contributed by atoms with Crippen LogP contribution in [0.3, 0.4) is 0 Å². The van der Waals surface area contributed by atoms with Crippen LogP contribution in [0.4, 0.5) is 5.69 Å². The summed E-state index contributed by atoms with van der Waals surface area (Å²) >= 11 is 5.00. The monoisotopic (exact) mass is 349 g/mol. The van der Waals surface area contributed by atoms with Crippen LogP contribution in [0.5, 0.6) is 0 Å². The van der Waals surface area contributed by atoms with Gasteiger partial charge in [0, 0.05) is 16.6 Å². The summed E-state index contributed by atoms with van der Waals surface area (Å²) in [4.78, 5) is 13.1. The molecule has 0 saturated carbocycles. The molecular weight excluding hydrogens is 334 g/mol. The number of halogens is 1. The Kier molecular flexibility index (Phi) is 5.15. The van der Waals surface area contributed by atoms with Crippen molar-refractivity contribution in [1.29, 1.82) is 0 Å². The Bertz CT molecular complexity index is 646. The third-order valence-corrected chi connectivity index (χ3v) is 4.57. The first kappa shape index (κ1) is 15.0. The molecule has 0 unspecified atom stereocenters. The summed E-state index contributed by atoms with van der Waals surface area (Å²) < 4.78 is 1.06. The van der Waals surface area contributed by atoms with Crippen LogP contribution in [0.15, 0.2) is 40.2 Å². The maximum Gasteiger partial charge on any atom is 0.248 e. The third-order valence-electron chi connectivity index (χ3n) is 2.98. The molecule has 1 heterocycles. The minimum Gasteiger partial charge on any atom is -0.322 e. The van der Waals surface area contributed by atoms with Crippen LogP contribution in [-0.2, 0) is 11.2 Å². The first-order valence-corrected chi connectivity index (χ1v) is 8.04. The molecular formula is C16H16BrNOS. The van der Waals surface area contributed by atoms with Crippen LogP contribution < -0.4 is 5.32 Å². The molecule has 1 amide bonds. The van der Waals surface area contributed by atoms with E-state index in [4.69, 9.17) is 0 Å². The first-order valence-electron chi connectivity index (χ1n) is 6.43. The molecule has 2 aromatic rings. The number of para-hydroxylation sites is 1. The number of hydrogen-bond acceptors (Lipinski definition) is 2. The van der Waals surface area contributed by atoms with E-state index in [0.717, 1.165) is 31.9 Å². The van der Waals surface area contributed by atoms with E-state index < -0.39 is 0 Å². The summed E-state index contributed by atoms with van der Waals surface area (Å²) in [5.74, 6) is -0.0986. The van der Waals surface area contributed by atoms with Gasteiger partial charge >= 0.3 is 0 Å². The highest BCUT2D eigenvalue weighted by Gasteiger charge is 2.06. The highest BCUT2D eigenvalue weighted by molar-refractivity contribution is 9.11. The van der Waals surface area contributed by atoms with Crippen LogP contribution in [0.1, 0.15) is 22.9 Å². The van der Waals surface area contributed by atoms with Crippen molar-refractivity contribution in [2.45, 2.75) is 20.3 Å². The lowest BCUT2D eigenvalue weighted by atomic mass is 10.1. The fraction of sp³-hybridized carbons (Fsp3) is 0.188. The zero-order valence-electron chi connectivity index (χ0n) is 11.4. The van der Waals surface area contributed by atoms with Crippen LogP contribution in [0.25, 0.3) is 6.08 Å².